The molecule has 1 amide bonds. The predicted molar refractivity (Wildman–Crippen MR) is 68.2 cm³/mol. The standard InChI is InChI=1S/C14H14N2O3/c17-13(16-10-2-1-5-15-7-10)11-8-3-4-9(6-8)12(11)14(18)19/h1-5,7-9,11-12H,6H2,(H,16,17)(H,18,19)/t8-,9+,11-,12-/m1/s1. The van der Waals surface area contributed by atoms with Crippen LogP contribution in [0.25, 0.3) is 0 Å². The molecule has 1 heterocycles. The largest absolute Gasteiger partial charge is 0.481 e. The van der Waals surface area contributed by atoms with Gasteiger partial charge in [0.15, 0.2) is 0 Å². The average molecular weight is 258 g/mol. The fourth-order valence-electron chi connectivity index (χ4n) is 3.18. The molecule has 4 atom stereocenters. The molecule has 19 heavy (non-hydrogen) atoms. The van der Waals surface area contributed by atoms with Gasteiger partial charge in [-0.2, -0.15) is 0 Å². The van der Waals surface area contributed by atoms with Gasteiger partial charge in [0, 0.05) is 6.20 Å². The number of pyridine rings is 1. The smallest absolute Gasteiger partial charge is 0.307 e. The van der Waals surface area contributed by atoms with Crippen molar-refractivity contribution in [2.45, 2.75) is 6.42 Å². The zero-order chi connectivity index (χ0) is 13.4. The minimum absolute atomic E-state index is 0.00727. The van der Waals surface area contributed by atoms with Crippen LogP contribution in [0.1, 0.15) is 6.42 Å². The number of carbonyl (C=O) groups excluding carboxylic acids is 1. The van der Waals surface area contributed by atoms with E-state index in [0.717, 1.165) is 6.42 Å². The van der Waals surface area contributed by atoms with Crippen LogP contribution >= 0.6 is 0 Å². The monoisotopic (exact) mass is 258 g/mol. The van der Waals surface area contributed by atoms with Crippen LogP contribution in [0.2, 0.25) is 0 Å². The molecule has 3 rings (SSSR count). The topological polar surface area (TPSA) is 79.3 Å². The van der Waals surface area contributed by atoms with E-state index in [9.17, 15) is 14.7 Å². The van der Waals surface area contributed by atoms with E-state index in [-0.39, 0.29) is 17.7 Å². The molecule has 1 aromatic heterocycles. The Balaban J connectivity index is 1.79. The molecule has 2 aliphatic carbocycles. The van der Waals surface area contributed by atoms with Gasteiger partial charge in [0.1, 0.15) is 0 Å². The summed E-state index contributed by atoms with van der Waals surface area (Å²) in [5.74, 6) is -2.16. The number of carboxylic acids is 1. The molecule has 5 heteroatoms. The number of anilines is 1. The maximum absolute atomic E-state index is 12.3. The van der Waals surface area contributed by atoms with Gasteiger partial charge in [-0.05, 0) is 30.4 Å². The minimum Gasteiger partial charge on any atom is -0.481 e. The van der Waals surface area contributed by atoms with Gasteiger partial charge < -0.3 is 10.4 Å². The van der Waals surface area contributed by atoms with Crippen molar-refractivity contribution in [3.63, 3.8) is 0 Å². The number of nitrogens with zero attached hydrogens (tertiary/aromatic N) is 1. The lowest BCUT2D eigenvalue weighted by atomic mass is 9.82. The molecule has 1 fully saturated rings. The van der Waals surface area contributed by atoms with Gasteiger partial charge in [0.25, 0.3) is 0 Å². The number of aliphatic carboxylic acids is 1. The summed E-state index contributed by atoms with van der Waals surface area (Å²) < 4.78 is 0. The SMILES string of the molecule is O=C(Nc1cccnc1)[C@H]1[C@H](C(=O)O)[C@H]2C=C[C@@H]1C2. The van der Waals surface area contributed by atoms with Gasteiger partial charge >= 0.3 is 5.97 Å². The molecule has 0 aromatic carbocycles. The molecule has 1 saturated carbocycles. The Morgan fingerprint density at radius 1 is 1.26 bits per heavy atom. The van der Waals surface area contributed by atoms with Gasteiger partial charge in [-0.1, -0.05) is 12.2 Å². The second-order valence-corrected chi connectivity index (χ2v) is 5.07. The van der Waals surface area contributed by atoms with E-state index >= 15 is 0 Å². The van der Waals surface area contributed by atoms with Crippen molar-refractivity contribution >= 4 is 17.6 Å². The van der Waals surface area contributed by atoms with E-state index in [1.165, 1.54) is 0 Å². The molecule has 2 aliphatic rings. The second-order valence-electron chi connectivity index (χ2n) is 5.07. The van der Waals surface area contributed by atoms with Gasteiger partial charge in [0.2, 0.25) is 5.91 Å². The fourth-order valence-corrected chi connectivity index (χ4v) is 3.18. The number of carbonyl (C=O) groups is 2. The van der Waals surface area contributed by atoms with Gasteiger partial charge in [-0.3, -0.25) is 14.6 Å². The van der Waals surface area contributed by atoms with Crippen LogP contribution in [0.5, 0.6) is 0 Å². The van der Waals surface area contributed by atoms with Crippen molar-refractivity contribution in [3.8, 4) is 0 Å². The Morgan fingerprint density at radius 3 is 2.63 bits per heavy atom. The lowest BCUT2D eigenvalue weighted by molar-refractivity contribution is -0.146. The quantitative estimate of drug-likeness (QED) is 0.806. The van der Waals surface area contributed by atoms with Crippen molar-refractivity contribution in [1.82, 2.24) is 4.98 Å². The molecule has 0 radical (unpaired) electrons. The third kappa shape index (κ3) is 2.01. The van der Waals surface area contributed by atoms with Crippen molar-refractivity contribution in [2.75, 3.05) is 5.32 Å². The second kappa shape index (κ2) is 4.50. The number of amides is 1. The molecule has 5 nitrogen and oxygen atoms in total. The number of carboxylic acid groups (broad SMARTS) is 1. The fraction of sp³-hybridized carbons (Fsp3) is 0.357. The van der Waals surface area contributed by atoms with E-state index in [1.807, 2.05) is 12.2 Å². The summed E-state index contributed by atoms with van der Waals surface area (Å²) in [7, 11) is 0. The third-order valence-corrected chi connectivity index (χ3v) is 3.98. The lowest BCUT2D eigenvalue weighted by Crippen LogP contribution is -2.36. The number of fused-ring (bicyclic) bond motifs is 2. The molecule has 2 N–H and O–H groups in total. The molecule has 0 spiro atoms. The molecular formula is C14H14N2O3. The number of nitrogens with one attached hydrogen (secondary N) is 1. The van der Waals surface area contributed by atoms with Crippen LogP contribution in [0, 0.1) is 23.7 Å². The number of aromatic nitrogens is 1. The molecular weight excluding hydrogens is 244 g/mol. The summed E-state index contributed by atoms with van der Waals surface area (Å²) in [4.78, 5) is 27.5. The van der Waals surface area contributed by atoms with E-state index in [1.54, 1.807) is 24.5 Å². The van der Waals surface area contributed by atoms with E-state index < -0.39 is 17.8 Å². The molecule has 0 aliphatic heterocycles. The van der Waals surface area contributed by atoms with E-state index in [2.05, 4.69) is 10.3 Å². The Labute approximate surface area is 110 Å². The van der Waals surface area contributed by atoms with Crippen molar-refractivity contribution in [3.05, 3.63) is 36.7 Å². The number of allylic oxidation sites excluding steroid dienone is 2. The molecule has 1 aromatic rings. The highest BCUT2D eigenvalue weighted by atomic mass is 16.4. The summed E-state index contributed by atoms with van der Waals surface area (Å²) in [6.45, 7) is 0. The highest BCUT2D eigenvalue weighted by molar-refractivity contribution is 5.96. The minimum atomic E-state index is -0.886. The summed E-state index contributed by atoms with van der Waals surface area (Å²) in [5, 5.41) is 12.0. The first-order chi connectivity index (χ1) is 9.16. The average Bonchev–Trinajstić information content (AvgIpc) is 2.99. The van der Waals surface area contributed by atoms with Crippen molar-refractivity contribution in [1.29, 1.82) is 0 Å². The van der Waals surface area contributed by atoms with Crippen LogP contribution in [0.15, 0.2) is 36.7 Å². The number of hydrogen-bond donors (Lipinski definition) is 2. The first-order valence-corrected chi connectivity index (χ1v) is 6.29. The lowest BCUT2D eigenvalue weighted by Gasteiger charge is -2.23. The Morgan fingerprint density at radius 2 is 2.00 bits per heavy atom. The maximum Gasteiger partial charge on any atom is 0.307 e. The molecule has 0 saturated heterocycles. The molecule has 2 bridgehead atoms. The normalized spacial score (nSPS) is 31.4. The predicted octanol–water partition coefficient (Wildman–Crippen LogP) is 1.54. The molecule has 98 valence electrons. The Kier molecular flexibility index (Phi) is 2.81. The van der Waals surface area contributed by atoms with Crippen LogP contribution in [-0.4, -0.2) is 22.0 Å². The molecule has 0 unspecified atom stereocenters. The van der Waals surface area contributed by atoms with Crippen LogP contribution < -0.4 is 5.32 Å². The summed E-state index contributed by atoms with van der Waals surface area (Å²) in [6, 6.07) is 3.47. The van der Waals surface area contributed by atoms with Crippen molar-refractivity contribution in [2.24, 2.45) is 23.7 Å². The zero-order valence-electron chi connectivity index (χ0n) is 10.2. The van der Waals surface area contributed by atoms with E-state index in [0.29, 0.717) is 5.69 Å². The Bertz CT molecular complexity index is 541. The summed E-state index contributed by atoms with van der Waals surface area (Å²) in [5.41, 5.74) is 0.600. The highest BCUT2D eigenvalue weighted by Crippen LogP contribution is 2.48. The first-order valence-electron chi connectivity index (χ1n) is 6.29. The highest BCUT2D eigenvalue weighted by Gasteiger charge is 2.51. The number of rotatable bonds is 3. The van der Waals surface area contributed by atoms with Crippen LogP contribution in [0.4, 0.5) is 5.69 Å². The van der Waals surface area contributed by atoms with Gasteiger partial charge in [-0.15, -0.1) is 0 Å². The zero-order valence-corrected chi connectivity index (χ0v) is 10.2. The number of hydrogen-bond acceptors (Lipinski definition) is 3. The van der Waals surface area contributed by atoms with Gasteiger partial charge in [0.05, 0.1) is 23.7 Å². The first kappa shape index (κ1) is 11.9. The summed E-state index contributed by atoms with van der Waals surface area (Å²) in [6.07, 6.45) is 7.84. The van der Waals surface area contributed by atoms with Crippen LogP contribution in [-0.2, 0) is 9.59 Å². The van der Waals surface area contributed by atoms with E-state index in [4.69, 9.17) is 0 Å². The maximum atomic E-state index is 12.3. The van der Waals surface area contributed by atoms with Crippen molar-refractivity contribution < 1.29 is 14.7 Å². The van der Waals surface area contributed by atoms with Gasteiger partial charge in [-0.25, -0.2) is 0 Å². The third-order valence-electron chi connectivity index (χ3n) is 3.98. The Hall–Kier alpha value is -2.17. The van der Waals surface area contributed by atoms with Crippen LogP contribution in [0.3, 0.4) is 0 Å². The summed E-state index contributed by atoms with van der Waals surface area (Å²) >= 11 is 0.